The average Bonchev–Trinajstić information content (AvgIpc) is 2.62. The highest BCUT2D eigenvalue weighted by molar-refractivity contribution is 6.35. The molecule has 0 fully saturated rings. The minimum Gasteiger partial charge on any atom is -0.481 e. The number of nitro benzene ring substituents is 1. The zero-order chi connectivity index (χ0) is 17.8. The number of hydrogen-bond donors (Lipinski definition) is 1. The molecule has 0 saturated carbocycles. The molecule has 2 aromatic carbocycles. The molecule has 0 unspecified atom stereocenters. The van der Waals surface area contributed by atoms with Crippen molar-refractivity contribution in [1.82, 2.24) is 4.98 Å². The molecule has 1 heterocycles. The minimum absolute atomic E-state index is 0.0482. The summed E-state index contributed by atoms with van der Waals surface area (Å²) in [5.41, 5.74) is 0.962. The summed E-state index contributed by atoms with van der Waals surface area (Å²) in [6, 6.07) is 12.4. The van der Waals surface area contributed by atoms with Gasteiger partial charge in [-0.05, 0) is 36.4 Å². The molecule has 0 saturated heterocycles. The Balaban J connectivity index is 1.66. The molecule has 0 radical (unpaired) electrons. The number of nitrogens with one attached hydrogen (secondary N) is 1. The van der Waals surface area contributed by atoms with Crippen LogP contribution in [0, 0.1) is 10.1 Å². The topological polar surface area (TPSA) is 94.4 Å². The van der Waals surface area contributed by atoms with Crippen LogP contribution in [-0.4, -0.2) is 22.4 Å². The third-order valence-electron chi connectivity index (χ3n) is 3.40. The predicted octanol–water partition coefficient (Wildman–Crippen LogP) is 3.81. The number of ether oxygens (including phenoxy) is 1. The van der Waals surface area contributed by atoms with Crippen molar-refractivity contribution in [3.8, 4) is 5.75 Å². The second-order valence-corrected chi connectivity index (χ2v) is 5.49. The highest BCUT2D eigenvalue weighted by Crippen LogP contribution is 2.29. The number of nitrogens with zero attached hydrogens (tertiary/aromatic N) is 2. The largest absolute Gasteiger partial charge is 0.481 e. The maximum absolute atomic E-state index is 12.0. The third-order valence-corrected chi connectivity index (χ3v) is 3.73. The van der Waals surface area contributed by atoms with Gasteiger partial charge in [0.05, 0.1) is 9.95 Å². The summed E-state index contributed by atoms with van der Waals surface area (Å²) in [5.74, 6) is 0.0479. The number of carbonyl (C=O) groups is 1. The number of rotatable bonds is 5. The summed E-state index contributed by atoms with van der Waals surface area (Å²) in [6.45, 7) is -0.232. The van der Waals surface area contributed by atoms with Gasteiger partial charge in [0.1, 0.15) is 11.3 Å². The van der Waals surface area contributed by atoms with Gasteiger partial charge in [-0.3, -0.25) is 19.9 Å². The molecule has 0 atom stereocenters. The van der Waals surface area contributed by atoms with Crippen LogP contribution in [0.5, 0.6) is 5.75 Å². The molecule has 0 bridgehead atoms. The molecule has 7 nitrogen and oxygen atoms in total. The Bertz CT molecular complexity index is 944. The van der Waals surface area contributed by atoms with Crippen molar-refractivity contribution < 1.29 is 14.5 Å². The summed E-state index contributed by atoms with van der Waals surface area (Å²) < 4.78 is 5.53. The monoisotopic (exact) mass is 357 g/mol. The van der Waals surface area contributed by atoms with Crippen LogP contribution in [0.15, 0.2) is 54.7 Å². The van der Waals surface area contributed by atoms with Crippen LogP contribution in [0.2, 0.25) is 5.02 Å². The van der Waals surface area contributed by atoms with Crippen molar-refractivity contribution in [3.05, 3.63) is 69.9 Å². The molecule has 1 aromatic heterocycles. The van der Waals surface area contributed by atoms with E-state index in [1.165, 1.54) is 24.3 Å². The fourth-order valence-electron chi connectivity index (χ4n) is 2.24. The number of hydrogen-bond acceptors (Lipinski definition) is 5. The number of non-ortho nitro benzene ring substituents is 1. The molecule has 0 spiro atoms. The van der Waals surface area contributed by atoms with E-state index in [0.717, 1.165) is 5.39 Å². The standard InChI is InChI=1S/C17H12ClN3O4/c18-14-7-8-15(17-13(14)2-1-9-19-17)25-10-16(22)20-11-3-5-12(6-4-11)21(23)24/h1-9H,10H2,(H,20,22). The van der Waals surface area contributed by atoms with Crippen molar-refractivity contribution in [2.45, 2.75) is 0 Å². The Morgan fingerprint density at radius 3 is 2.68 bits per heavy atom. The van der Waals surface area contributed by atoms with Gasteiger partial charge in [0, 0.05) is 29.4 Å². The summed E-state index contributed by atoms with van der Waals surface area (Å²) in [5, 5.41) is 14.5. The molecule has 8 heteroatoms. The maximum Gasteiger partial charge on any atom is 0.269 e. The Labute approximate surface area is 147 Å². The number of amides is 1. The van der Waals surface area contributed by atoms with E-state index < -0.39 is 10.8 Å². The summed E-state index contributed by atoms with van der Waals surface area (Å²) in [6.07, 6.45) is 1.61. The van der Waals surface area contributed by atoms with Crippen LogP contribution in [0.25, 0.3) is 10.9 Å². The lowest BCUT2D eigenvalue weighted by Crippen LogP contribution is -2.20. The van der Waals surface area contributed by atoms with Crippen LogP contribution in [0.1, 0.15) is 0 Å². The van der Waals surface area contributed by atoms with Crippen LogP contribution >= 0.6 is 11.6 Å². The summed E-state index contributed by atoms with van der Waals surface area (Å²) in [4.78, 5) is 26.3. The number of fused-ring (bicyclic) bond motifs is 1. The maximum atomic E-state index is 12.0. The average molecular weight is 358 g/mol. The van der Waals surface area contributed by atoms with E-state index in [2.05, 4.69) is 10.3 Å². The summed E-state index contributed by atoms with van der Waals surface area (Å²) in [7, 11) is 0. The SMILES string of the molecule is O=C(COc1ccc(Cl)c2cccnc12)Nc1ccc([N+](=O)[O-])cc1. The second kappa shape index (κ2) is 7.14. The van der Waals surface area contributed by atoms with Gasteiger partial charge in [0.25, 0.3) is 11.6 Å². The van der Waals surface area contributed by atoms with E-state index in [-0.39, 0.29) is 12.3 Å². The van der Waals surface area contributed by atoms with E-state index in [4.69, 9.17) is 16.3 Å². The Kier molecular flexibility index (Phi) is 4.76. The number of anilines is 1. The van der Waals surface area contributed by atoms with E-state index in [1.807, 2.05) is 6.07 Å². The van der Waals surface area contributed by atoms with Gasteiger partial charge < -0.3 is 10.1 Å². The first-order chi connectivity index (χ1) is 12.0. The van der Waals surface area contributed by atoms with E-state index >= 15 is 0 Å². The minimum atomic E-state index is -0.507. The molecule has 0 aliphatic rings. The van der Waals surface area contributed by atoms with Gasteiger partial charge in [0.15, 0.2) is 6.61 Å². The number of benzene rings is 2. The lowest BCUT2D eigenvalue weighted by molar-refractivity contribution is -0.384. The number of nitro groups is 1. The first-order valence-corrected chi connectivity index (χ1v) is 7.63. The Morgan fingerprint density at radius 2 is 1.96 bits per heavy atom. The fourth-order valence-corrected chi connectivity index (χ4v) is 2.45. The number of halogens is 1. The normalized spacial score (nSPS) is 10.4. The molecule has 25 heavy (non-hydrogen) atoms. The smallest absolute Gasteiger partial charge is 0.269 e. The first kappa shape index (κ1) is 16.7. The zero-order valence-electron chi connectivity index (χ0n) is 12.8. The van der Waals surface area contributed by atoms with E-state index in [9.17, 15) is 14.9 Å². The van der Waals surface area contributed by atoms with Crippen LogP contribution in [-0.2, 0) is 4.79 Å². The summed E-state index contributed by atoms with van der Waals surface area (Å²) >= 11 is 6.11. The number of aromatic nitrogens is 1. The molecule has 0 aliphatic carbocycles. The van der Waals surface area contributed by atoms with Gasteiger partial charge in [-0.25, -0.2) is 0 Å². The number of carbonyl (C=O) groups excluding carboxylic acids is 1. The van der Waals surface area contributed by atoms with Gasteiger partial charge >= 0.3 is 0 Å². The van der Waals surface area contributed by atoms with Gasteiger partial charge in [0.2, 0.25) is 0 Å². The lowest BCUT2D eigenvalue weighted by atomic mass is 10.2. The third kappa shape index (κ3) is 3.84. The van der Waals surface area contributed by atoms with Gasteiger partial charge in [-0.2, -0.15) is 0 Å². The molecule has 1 N–H and O–H groups in total. The molecule has 3 aromatic rings. The predicted molar refractivity (Wildman–Crippen MR) is 94.0 cm³/mol. The highest BCUT2D eigenvalue weighted by atomic mass is 35.5. The fraction of sp³-hybridized carbons (Fsp3) is 0.0588. The van der Waals surface area contributed by atoms with E-state index in [0.29, 0.717) is 22.0 Å². The van der Waals surface area contributed by atoms with Crippen molar-refractivity contribution in [2.24, 2.45) is 0 Å². The van der Waals surface area contributed by atoms with Crippen molar-refractivity contribution in [3.63, 3.8) is 0 Å². The lowest BCUT2D eigenvalue weighted by Gasteiger charge is -2.10. The Morgan fingerprint density at radius 1 is 1.20 bits per heavy atom. The molecule has 1 amide bonds. The van der Waals surface area contributed by atoms with Gasteiger partial charge in [-0.15, -0.1) is 0 Å². The number of pyridine rings is 1. The molecule has 0 aliphatic heterocycles. The molecular weight excluding hydrogens is 346 g/mol. The van der Waals surface area contributed by atoms with Crippen molar-refractivity contribution in [2.75, 3.05) is 11.9 Å². The van der Waals surface area contributed by atoms with Crippen LogP contribution in [0.3, 0.4) is 0 Å². The molecule has 3 rings (SSSR count). The van der Waals surface area contributed by atoms with E-state index in [1.54, 1.807) is 24.4 Å². The zero-order valence-corrected chi connectivity index (χ0v) is 13.6. The second-order valence-electron chi connectivity index (χ2n) is 5.09. The quantitative estimate of drug-likeness (QED) is 0.553. The van der Waals surface area contributed by atoms with Crippen LogP contribution in [0.4, 0.5) is 11.4 Å². The molecule has 126 valence electrons. The Hall–Kier alpha value is -3.19. The highest BCUT2D eigenvalue weighted by Gasteiger charge is 2.10. The van der Waals surface area contributed by atoms with Crippen LogP contribution < -0.4 is 10.1 Å². The first-order valence-electron chi connectivity index (χ1n) is 7.25. The van der Waals surface area contributed by atoms with Crippen molar-refractivity contribution in [1.29, 1.82) is 0 Å². The molecular formula is C17H12ClN3O4. The van der Waals surface area contributed by atoms with Crippen molar-refractivity contribution >= 4 is 39.8 Å². The van der Waals surface area contributed by atoms with Gasteiger partial charge in [-0.1, -0.05) is 11.6 Å².